The van der Waals surface area contributed by atoms with Gasteiger partial charge in [-0.1, -0.05) is 33.9 Å². The highest BCUT2D eigenvalue weighted by Crippen LogP contribution is 2.37. The lowest BCUT2D eigenvalue weighted by molar-refractivity contribution is -0.149. The Morgan fingerprint density at radius 1 is 1.41 bits per heavy atom. The van der Waals surface area contributed by atoms with E-state index in [-0.39, 0.29) is 5.04 Å². The molecule has 0 aliphatic carbocycles. The molecule has 0 bridgehead atoms. The number of nitrogens with one attached hydrogen (secondary N) is 2. The van der Waals surface area contributed by atoms with Crippen molar-refractivity contribution in [2.24, 2.45) is 0 Å². The maximum Gasteiger partial charge on any atom is 0.219 e. The lowest BCUT2D eigenvalue weighted by Crippen LogP contribution is -2.53. The van der Waals surface area contributed by atoms with Crippen LogP contribution < -0.4 is 4.39 Å². The lowest BCUT2D eigenvalue weighted by Gasteiger charge is -2.37. The first-order valence-electron chi connectivity index (χ1n) is 7.19. The zero-order valence-corrected chi connectivity index (χ0v) is 16.6. The summed E-state index contributed by atoms with van der Waals surface area (Å²) in [6.45, 7) is 13.4. The molecule has 0 saturated carbocycles. The summed E-state index contributed by atoms with van der Waals surface area (Å²) >= 11 is 1.22. The van der Waals surface area contributed by atoms with Crippen LogP contribution in [0.25, 0.3) is 0 Å². The second-order valence-electron chi connectivity index (χ2n) is 7.16. The van der Waals surface area contributed by atoms with Crippen LogP contribution in [0.4, 0.5) is 0 Å². The summed E-state index contributed by atoms with van der Waals surface area (Å²) < 4.78 is 35.8. The van der Waals surface area contributed by atoms with E-state index in [1.807, 2.05) is 0 Å². The molecule has 2 rings (SSSR count). The standard InChI is InChI=1S/C13H25N3O3S2Si/c1-12(2,3)22(5,6)16-21(14,17)10-9-15-11(20-10)13(4)18-7-8-19-13/h9H,7-8H2,1-6H3,(H2,14,16,17). The van der Waals surface area contributed by atoms with Crippen LogP contribution in [0, 0.1) is 4.78 Å². The Hall–Kier alpha value is -0.323. The molecule has 1 aromatic rings. The van der Waals surface area contributed by atoms with Crippen molar-refractivity contribution in [2.75, 3.05) is 13.2 Å². The molecule has 1 aliphatic heterocycles. The molecule has 1 fully saturated rings. The third-order valence-corrected chi connectivity index (χ3v) is 13.8. The zero-order chi connectivity index (χ0) is 16.8. The van der Waals surface area contributed by atoms with Gasteiger partial charge in [-0.2, -0.15) is 0 Å². The molecule has 9 heteroatoms. The van der Waals surface area contributed by atoms with Crippen molar-refractivity contribution in [2.45, 2.75) is 55.8 Å². The summed E-state index contributed by atoms with van der Waals surface area (Å²) in [5.74, 6) is -0.880. The molecule has 1 aromatic heterocycles. The molecule has 2 heterocycles. The van der Waals surface area contributed by atoms with Gasteiger partial charge in [0.1, 0.15) is 22.4 Å². The molecular weight excluding hydrogens is 338 g/mol. The van der Waals surface area contributed by atoms with E-state index in [0.717, 1.165) is 0 Å². The minimum atomic E-state index is -3.08. The average Bonchev–Trinajstić information content (AvgIpc) is 2.94. The summed E-state index contributed by atoms with van der Waals surface area (Å²) in [5, 5.41) is 0.602. The smallest absolute Gasteiger partial charge is 0.219 e. The van der Waals surface area contributed by atoms with E-state index in [0.29, 0.717) is 22.4 Å². The minimum Gasteiger partial charge on any atom is -0.342 e. The van der Waals surface area contributed by atoms with Crippen molar-refractivity contribution < 1.29 is 13.7 Å². The Morgan fingerprint density at radius 2 is 1.95 bits per heavy atom. The van der Waals surface area contributed by atoms with E-state index in [1.54, 1.807) is 6.92 Å². The monoisotopic (exact) mass is 363 g/mol. The van der Waals surface area contributed by atoms with Gasteiger partial charge >= 0.3 is 0 Å². The Bertz CT molecular complexity index is 644. The molecule has 22 heavy (non-hydrogen) atoms. The number of nitrogens with zero attached hydrogens (tertiary/aromatic N) is 1. The lowest BCUT2D eigenvalue weighted by atomic mass is 10.2. The molecule has 0 radical (unpaired) electrons. The van der Waals surface area contributed by atoms with Crippen LogP contribution in [-0.2, 0) is 25.2 Å². The quantitative estimate of drug-likeness (QED) is 0.804. The Balaban J connectivity index is 2.26. The second kappa shape index (κ2) is 5.64. The van der Waals surface area contributed by atoms with Crippen molar-refractivity contribution in [1.82, 2.24) is 9.37 Å². The molecule has 1 atom stereocenters. The van der Waals surface area contributed by atoms with E-state index in [9.17, 15) is 4.21 Å². The molecule has 0 aromatic carbocycles. The molecule has 0 spiro atoms. The third-order valence-electron chi connectivity index (χ3n) is 4.27. The van der Waals surface area contributed by atoms with E-state index in [4.69, 9.17) is 14.3 Å². The number of ether oxygens (including phenoxy) is 2. The highest BCUT2D eigenvalue weighted by molar-refractivity contribution is 7.94. The maximum absolute atomic E-state index is 12.9. The third kappa shape index (κ3) is 3.44. The van der Waals surface area contributed by atoms with Gasteiger partial charge in [-0.3, -0.25) is 0 Å². The Morgan fingerprint density at radius 3 is 2.45 bits per heavy atom. The molecule has 126 valence electrons. The number of hydrogen-bond acceptors (Lipinski definition) is 6. The summed E-state index contributed by atoms with van der Waals surface area (Å²) in [6.07, 6.45) is 1.51. The van der Waals surface area contributed by atoms with Crippen molar-refractivity contribution in [3.05, 3.63) is 11.2 Å². The van der Waals surface area contributed by atoms with Crippen LogP contribution in [-0.4, -0.2) is 30.6 Å². The fraction of sp³-hybridized carbons (Fsp3) is 0.769. The van der Waals surface area contributed by atoms with Crippen LogP contribution in [0.3, 0.4) is 0 Å². The second-order valence-corrected chi connectivity index (χ2v) is 15.6. The van der Waals surface area contributed by atoms with Crippen LogP contribution in [0.5, 0.6) is 0 Å². The first kappa shape index (κ1) is 18.0. The Labute approximate surface area is 137 Å². The molecular formula is C13H25N3O3S2Si. The van der Waals surface area contributed by atoms with Gasteiger partial charge < -0.3 is 9.47 Å². The van der Waals surface area contributed by atoms with Crippen molar-refractivity contribution in [3.8, 4) is 0 Å². The van der Waals surface area contributed by atoms with Crippen molar-refractivity contribution >= 4 is 29.5 Å². The Kier molecular flexibility index (Phi) is 4.62. The summed E-state index contributed by atoms with van der Waals surface area (Å²) in [5.41, 5.74) is 0. The fourth-order valence-electron chi connectivity index (χ4n) is 1.80. The van der Waals surface area contributed by atoms with E-state index in [1.165, 1.54) is 17.5 Å². The van der Waals surface area contributed by atoms with E-state index < -0.39 is 23.9 Å². The maximum atomic E-state index is 12.9. The van der Waals surface area contributed by atoms with E-state index >= 15 is 0 Å². The van der Waals surface area contributed by atoms with Crippen LogP contribution in [0.15, 0.2) is 10.4 Å². The van der Waals surface area contributed by atoms with Crippen LogP contribution >= 0.6 is 11.3 Å². The van der Waals surface area contributed by atoms with Crippen LogP contribution in [0.1, 0.15) is 32.7 Å². The van der Waals surface area contributed by atoms with Gasteiger partial charge in [0, 0.05) is 0 Å². The predicted octanol–water partition coefficient (Wildman–Crippen LogP) is 3.28. The predicted molar refractivity (Wildman–Crippen MR) is 90.8 cm³/mol. The first-order valence-corrected chi connectivity index (χ1v) is 12.6. The number of rotatable bonds is 4. The van der Waals surface area contributed by atoms with Crippen LogP contribution in [0.2, 0.25) is 18.1 Å². The van der Waals surface area contributed by atoms with E-state index in [2.05, 4.69) is 43.2 Å². The average molecular weight is 364 g/mol. The van der Waals surface area contributed by atoms with Gasteiger partial charge in [-0.15, -0.1) is 11.3 Å². The summed E-state index contributed by atoms with van der Waals surface area (Å²) in [6, 6.07) is 0. The van der Waals surface area contributed by atoms with Gasteiger partial charge in [-0.25, -0.2) is 18.4 Å². The van der Waals surface area contributed by atoms with Gasteiger partial charge in [0.05, 0.1) is 19.4 Å². The van der Waals surface area contributed by atoms with Gasteiger partial charge in [-0.05, 0) is 12.0 Å². The molecule has 2 N–H and O–H groups in total. The molecule has 1 unspecified atom stereocenters. The number of aromatic nitrogens is 1. The topological polar surface area (TPSA) is 84.3 Å². The largest absolute Gasteiger partial charge is 0.342 e. The highest BCUT2D eigenvalue weighted by atomic mass is 32.2. The van der Waals surface area contributed by atoms with Crippen molar-refractivity contribution in [3.63, 3.8) is 0 Å². The first-order chi connectivity index (χ1) is 9.87. The van der Waals surface area contributed by atoms with Crippen molar-refractivity contribution in [1.29, 1.82) is 4.78 Å². The fourth-order valence-corrected chi connectivity index (χ4v) is 8.29. The molecule has 6 nitrogen and oxygen atoms in total. The summed E-state index contributed by atoms with van der Waals surface area (Å²) in [7, 11) is -5.14. The highest BCUT2D eigenvalue weighted by Gasteiger charge is 2.40. The van der Waals surface area contributed by atoms with Gasteiger partial charge in [0.25, 0.3) is 0 Å². The molecule has 1 aliphatic rings. The number of hydrogen-bond donors (Lipinski definition) is 2. The summed E-state index contributed by atoms with van der Waals surface area (Å²) in [4.78, 5) is 4.27. The van der Waals surface area contributed by atoms with Gasteiger partial charge in [0.15, 0.2) is 5.01 Å². The normalized spacial score (nSPS) is 21.7. The molecule has 1 saturated heterocycles. The van der Waals surface area contributed by atoms with Gasteiger partial charge in [0.2, 0.25) is 5.79 Å². The minimum absolute atomic E-state index is 0.00607. The zero-order valence-electron chi connectivity index (χ0n) is 14.0. The number of thiazole rings is 1. The SMILES string of the molecule is CC1(c2ncc(S(=N)(=O)N[Si](C)(C)C(C)(C)C)s2)OCCO1. The molecule has 0 amide bonds.